The Hall–Kier alpha value is -1.57. The number of hydrogen-bond donors (Lipinski definition) is 1. The molecule has 0 unspecified atom stereocenters. The number of carbonyl (C=O) groups excluding carboxylic acids is 1. The largest absolute Gasteiger partial charge is 0.366 e. The first-order valence-electron chi connectivity index (χ1n) is 5.29. The SMILES string of the molecule is C=C(C(N)=O)c1ccc2c(c1)CCCC2. The smallest absolute Gasteiger partial charge is 0.248 e. The topological polar surface area (TPSA) is 43.1 Å². The Morgan fingerprint density at radius 2 is 1.87 bits per heavy atom. The van der Waals surface area contributed by atoms with E-state index < -0.39 is 5.91 Å². The second kappa shape index (κ2) is 3.89. The molecule has 78 valence electrons. The minimum absolute atomic E-state index is 0.406. The molecule has 2 rings (SSSR count). The third-order valence-electron chi connectivity index (χ3n) is 2.99. The maximum atomic E-state index is 11.0. The van der Waals surface area contributed by atoms with Crippen LogP contribution in [-0.2, 0) is 17.6 Å². The molecule has 0 aromatic heterocycles. The zero-order chi connectivity index (χ0) is 10.8. The Kier molecular flexibility index (Phi) is 2.58. The summed E-state index contributed by atoms with van der Waals surface area (Å²) in [5.74, 6) is -0.439. The van der Waals surface area contributed by atoms with Crippen molar-refractivity contribution in [3.63, 3.8) is 0 Å². The molecule has 0 saturated heterocycles. The van der Waals surface area contributed by atoms with Gasteiger partial charge in [0, 0.05) is 5.57 Å². The lowest BCUT2D eigenvalue weighted by atomic mass is 9.89. The van der Waals surface area contributed by atoms with Gasteiger partial charge in [-0.2, -0.15) is 0 Å². The summed E-state index contributed by atoms with van der Waals surface area (Å²) in [5, 5.41) is 0. The first-order valence-corrected chi connectivity index (χ1v) is 5.29. The number of primary amides is 1. The summed E-state index contributed by atoms with van der Waals surface area (Å²) in [5.41, 5.74) is 9.23. The zero-order valence-corrected chi connectivity index (χ0v) is 8.75. The zero-order valence-electron chi connectivity index (χ0n) is 8.75. The van der Waals surface area contributed by atoms with Crippen molar-refractivity contribution in [1.82, 2.24) is 0 Å². The summed E-state index contributed by atoms with van der Waals surface area (Å²) in [7, 11) is 0. The number of fused-ring (bicyclic) bond motifs is 1. The fourth-order valence-electron chi connectivity index (χ4n) is 2.06. The predicted octanol–water partition coefficient (Wildman–Crippen LogP) is 2.06. The number of carbonyl (C=O) groups is 1. The lowest BCUT2D eigenvalue weighted by molar-refractivity contribution is -0.112. The molecule has 1 aromatic rings. The van der Waals surface area contributed by atoms with Crippen LogP contribution in [0.15, 0.2) is 24.8 Å². The van der Waals surface area contributed by atoms with E-state index in [4.69, 9.17) is 5.73 Å². The van der Waals surface area contributed by atoms with Crippen molar-refractivity contribution in [3.05, 3.63) is 41.5 Å². The number of hydrogen-bond acceptors (Lipinski definition) is 1. The molecule has 0 bridgehead atoms. The molecule has 15 heavy (non-hydrogen) atoms. The van der Waals surface area contributed by atoms with Gasteiger partial charge < -0.3 is 5.73 Å². The van der Waals surface area contributed by atoms with Crippen molar-refractivity contribution in [2.75, 3.05) is 0 Å². The van der Waals surface area contributed by atoms with Gasteiger partial charge in [-0.3, -0.25) is 4.79 Å². The van der Waals surface area contributed by atoms with Gasteiger partial charge in [-0.05, 0) is 42.4 Å². The lowest BCUT2D eigenvalue weighted by Crippen LogP contribution is -2.12. The van der Waals surface area contributed by atoms with Crippen LogP contribution < -0.4 is 5.73 Å². The molecular weight excluding hydrogens is 186 g/mol. The van der Waals surface area contributed by atoms with Crippen molar-refractivity contribution in [1.29, 1.82) is 0 Å². The molecule has 1 aliphatic carbocycles. The van der Waals surface area contributed by atoms with Crippen LogP contribution >= 0.6 is 0 Å². The van der Waals surface area contributed by atoms with Gasteiger partial charge in [0.1, 0.15) is 0 Å². The van der Waals surface area contributed by atoms with E-state index in [2.05, 4.69) is 18.7 Å². The van der Waals surface area contributed by atoms with E-state index in [1.54, 1.807) is 0 Å². The van der Waals surface area contributed by atoms with Crippen molar-refractivity contribution in [3.8, 4) is 0 Å². The predicted molar refractivity (Wildman–Crippen MR) is 61.3 cm³/mol. The van der Waals surface area contributed by atoms with E-state index in [1.807, 2.05) is 6.07 Å². The van der Waals surface area contributed by atoms with Crippen LogP contribution in [-0.4, -0.2) is 5.91 Å². The summed E-state index contributed by atoms with van der Waals surface area (Å²) in [4.78, 5) is 11.0. The highest BCUT2D eigenvalue weighted by Gasteiger charge is 2.11. The second-order valence-corrected chi connectivity index (χ2v) is 4.03. The maximum absolute atomic E-state index is 11.0. The minimum Gasteiger partial charge on any atom is -0.366 e. The van der Waals surface area contributed by atoms with Crippen LogP contribution in [0.25, 0.3) is 5.57 Å². The molecule has 0 saturated carbocycles. The Labute approximate surface area is 89.8 Å². The monoisotopic (exact) mass is 201 g/mol. The van der Waals surface area contributed by atoms with Crippen LogP contribution in [0.3, 0.4) is 0 Å². The van der Waals surface area contributed by atoms with Gasteiger partial charge in [-0.15, -0.1) is 0 Å². The number of aryl methyl sites for hydroxylation is 2. The fourth-order valence-corrected chi connectivity index (χ4v) is 2.06. The summed E-state index contributed by atoms with van der Waals surface area (Å²) in [6, 6.07) is 6.09. The van der Waals surface area contributed by atoms with Crippen LogP contribution in [0.5, 0.6) is 0 Å². The van der Waals surface area contributed by atoms with E-state index in [0.29, 0.717) is 5.57 Å². The lowest BCUT2D eigenvalue weighted by Gasteiger charge is -2.16. The van der Waals surface area contributed by atoms with Gasteiger partial charge in [-0.1, -0.05) is 24.8 Å². The van der Waals surface area contributed by atoms with Crippen LogP contribution in [0.2, 0.25) is 0 Å². The van der Waals surface area contributed by atoms with Gasteiger partial charge in [0.05, 0.1) is 0 Å². The first kappa shape index (κ1) is 9.97. The summed E-state index contributed by atoms with van der Waals surface area (Å²) in [6.45, 7) is 3.70. The summed E-state index contributed by atoms with van der Waals surface area (Å²) >= 11 is 0. The normalized spacial score (nSPS) is 14.4. The molecule has 2 nitrogen and oxygen atoms in total. The van der Waals surface area contributed by atoms with Crippen LogP contribution in [0, 0.1) is 0 Å². The van der Waals surface area contributed by atoms with E-state index in [1.165, 1.54) is 24.0 Å². The van der Waals surface area contributed by atoms with E-state index in [-0.39, 0.29) is 0 Å². The molecule has 2 heteroatoms. The quantitative estimate of drug-likeness (QED) is 0.731. The van der Waals surface area contributed by atoms with Gasteiger partial charge in [0.25, 0.3) is 0 Å². The van der Waals surface area contributed by atoms with Gasteiger partial charge in [0.15, 0.2) is 0 Å². The standard InChI is InChI=1S/C13H15NO/c1-9(13(14)15)11-7-6-10-4-2-3-5-12(10)8-11/h6-8H,1-5H2,(H2,14,15). The summed E-state index contributed by atoms with van der Waals surface area (Å²) < 4.78 is 0. The van der Waals surface area contributed by atoms with Gasteiger partial charge in [-0.25, -0.2) is 0 Å². The molecule has 0 aliphatic heterocycles. The van der Waals surface area contributed by atoms with E-state index in [9.17, 15) is 4.79 Å². The molecule has 0 atom stereocenters. The molecule has 2 N–H and O–H groups in total. The van der Waals surface area contributed by atoms with Crippen molar-refractivity contribution in [2.45, 2.75) is 25.7 Å². The van der Waals surface area contributed by atoms with Crippen molar-refractivity contribution >= 4 is 11.5 Å². The van der Waals surface area contributed by atoms with E-state index >= 15 is 0 Å². The molecule has 1 aromatic carbocycles. The van der Waals surface area contributed by atoms with Crippen LogP contribution in [0.1, 0.15) is 29.5 Å². The average Bonchev–Trinajstić information content (AvgIpc) is 2.27. The molecule has 1 aliphatic rings. The molecule has 1 amide bonds. The van der Waals surface area contributed by atoms with Crippen LogP contribution in [0.4, 0.5) is 0 Å². The third-order valence-corrected chi connectivity index (χ3v) is 2.99. The van der Waals surface area contributed by atoms with Gasteiger partial charge >= 0.3 is 0 Å². The average molecular weight is 201 g/mol. The molecule has 0 radical (unpaired) electrons. The maximum Gasteiger partial charge on any atom is 0.248 e. The Morgan fingerprint density at radius 1 is 1.20 bits per heavy atom. The summed E-state index contributed by atoms with van der Waals surface area (Å²) in [6.07, 6.45) is 4.76. The number of nitrogens with two attached hydrogens (primary N) is 1. The van der Waals surface area contributed by atoms with E-state index in [0.717, 1.165) is 18.4 Å². The number of rotatable bonds is 2. The van der Waals surface area contributed by atoms with Crippen molar-refractivity contribution < 1.29 is 4.79 Å². The first-order chi connectivity index (χ1) is 7.18. The molecule has 0 fully saturated rings. The molecule has 0 heterocycles. The molecule has 0 spiro atoms. The highest BCUT2D eigenvalue weighted by molar-refractivity contribution is 6.17. The Morgan fingerprint density at radius 3 is 2.53 bits per heavy atom. The highest BCUT2D eigenvalue weighted by Crippen LogP contribution is 2.24. The van der Waals surface area contributed by atoms with Crippen molar-refractivity contribution in [2.24, 2.45) is 5.73 Å². The third kappa shape index (κ3) is 1.94. The second-order valence-electron chi connectivity index (χ2n) is 4.03. The Balaban J connectivity index is 2.36. The molecular formula is C13H15NO. The Bertz CT molecular complexity index is 421. The number of amides is 1. The van der Waals surface area contributed by atoms with Gasteiger partial charge in [0.2, 0.25) is 5.91 Å². The fraction of sp³-hybridized carbons (Fsp3) is 0.308. The number of benzene rings is 1. The minimum atomic E-state index is -0.439. The highest BCUT2D eigenvalue weighted by atomic mass is 16.1.